The normalized spacial score (nSPS) is 11.5. The number of halogens is 4. The van der Waals surface area contributed by atoms with Gasteiger partial charge in [-0.3, -0.25) is 4.98 Å². The molecule has 0 N–H and O–H groups in total. The smallest absolute Gasteiger partial charge is 0.351 e. The van der Waals surface area contributed by atoms with Gasteiger partial charge in [-0.2, -0.15) is 13.8 Å². The first-order chi connectivity index (χ1) is 14.9. The zero-order valence-corrected chi connectivity index (χ0v) is 18.3. The molecule has 0 saturated heterocycles. The third kappa shape index (κ3) is 4.91. The molecule has 0 saturated carbocycles. The van der Waals surface area contributed by atoms with Gasteiger partial charge in [0, 0.05) is 23.3 Å². The van der Waals surface area contributed by atoms with Gasteiger partial charge in [0.25, 0.3) is 0 Å². The monoisotopic (exact) mass is 505 g/mol. The van der Waals surface area contributed by atoms with Crippen molar-refractivity contribution in [3.05, 3.63) is 105 Å². The Morgan fingerprint density at radius 3 is 2.48 bits per heavy atom. The van der Waals surface area contributed by atoms with Crippen LogP contribution in [0.4, 0.5) is 8.78 Å². The standard InChI is InChI=1S/C22H15BrClF2N3O2/c23-18-3-1-2-17(20(18)24)22(25,26)21-28-19(29-31-21)12-14-4-6-16(7-5-14)30-13-15-8-10-27-11-9-15/h1-11H,12-13H2. The lowest BCUT2D eigenvalue weighted by molar-refractivity contribution is 0.00767. The molecular formula is C22H15BrClF2N3O2. The van der Waals surface area contributed by atoms with Crippen molar-refractivity contribution in [1.82, 2.24) is 15.1 Å². The van der Waals surface area contributed by atoms with E-state index in [0.29, 0.717) is 16.8 Å². The minimum atomic E-state index is -3.52. The molecule has 0 amide bonds. The molecule has 31 heavy (non-hydrogen) atoms. The molecule has 0 aliphatic carbocycles. The second-order valence-electron chi connectivity index (χ2n) is 6.66. The van der Waals surface area contributed by atoms with E-state index in [1.165, 1.54) is 12.1 Å². The number of aromatic nitrogens is 3. The number of hydrogen-bond donors (Lipinski definition) is 0. The molecule has 5 nitrogen and oxygen atoms in total. The van der Waals surface area contributed by atoms with Gasteiger partial charge in [-0.05, 0) is 57.4 Å². The van der Waals surface area contributed by atoms with Crippen molar-refractivity contribution >= 4 is 27.5 Å². The minimum absolute atomic E-state index is 0.102. The van der Waals surface area contributed by atoms with E-state index in [-0.39, 0.29) is 17.3 Å². The van der Waals surface area contributed by atoms with Crippen LogP contribution in [0.25, 0.3) is 0 Å². The summed E-state index contributed by atoms with van der Waals surface area (Å²) in [5.41, 5.74) is 1.42. The summed E-state index contributed by atoms with van der Waals surface area (Å²) in [6.45, 7) is 0.420. The van der Waals surface area contributed by atoms with Crippen LogP contribution in [-0.2, 0) is 19.0 Å². The molecule has 4 rings (SSSR count). The average molecular weight is 507 g/mol. The Morgan fingerprint density at radius 2 is 1.74 bits per heavy atom. The second kappa shape index (κ2) is 9.11. The Labute approximate surface area is 190 Å². The zero-order valence-electron chi connectivity index (χ0n) is 15.9. The van der Waals surface area contributed by atoms with Crippen molar-refractivity contribution in [2.45, 2.75) is 19.0 Å². The predicted molar refractivity (Wildman–Crippen MR) is 114 cm³/mol. The lowest BCUT2D eigenvalue weighted by Crippen LogP contribution is -2.16. The SMILES string of the molecule is FC(F)(c1nc(Cc2ccc(OCc3ccncc3)cc2)no1)c1cccc(Br)c1Cl. The zero-order chi connectivity index (χ0) is 21.8. The Kier molecular flexibility index (Phi) is 6.29. The fraction of sp³-hybridized carbons (Fsp3) is 0.136. The Hall–Kier alpha value is -2.84. The van der Waals surface area contributed by atoms with Gasteiger partial charge in [0.15, 0.2) is 5.82 Å². The lowest BCUT2D eigenvalue weighted by Gasteiger charge is -2.14. The van der Waals surface area contributed by atoms with Gasteiger partial charge >= 0.3 is 11.8 Å². The van der Waals surface area contributed by atoms with Crippen LogP contribution in [0, 0.1) is 0 Å². The summed E-state index contributed by atoms with van der Waals surface area (Å²) in [5.74, 6) is -3.49. The van der Waals surface area contributed by atoms with Crippen LogP contribution in [0.1, 0.15) is 28.4 Å². The molecule has 2 aromatic carbocycles. The Morgan fingerprint density at radius 1 is 1.00 bits per heavy atom. The summed E-state index contributed by atoms with van der Waals surface area (Å²) in [6, 6.07) is 15.3. The van der Waals surface area contributed by atoms with Gasteiger partial charge < -0.3 is 9.26 Å². The fourth-order valence-corrected chi connectivity index (χ4v) is 3.46. The highest BCUT2D eigenvalue weighted by Gasteiger charge is 2.42. The first-order valence-corrected chi connectivity index (χ1v) is 10.4. The van der Waals surface area contributed by atoms with Gasteiger partial charge in [0.1, 0.15) is 12.4 Å². The number of pyridine rings is 1. The Bertz CT molecular complexity index is 1170. The molecule has 0 radical (unpaired) electrons. The van der Waals surface area contributed by atoms with E-state index in [2.05, 4.69) is 31.1 Å². The third-order valence-corrected chi connectivity index (χ3v) is 5.76. The van der Waals surface area contributed by atoms with Crippen molar-refractivity contribution in [3.8, 4) is 5.75 Å². The number of hydrogen-bond acceptors (Lipinski definition) is 5. The van der Waals surface area contributed by atoms with E-state index in [1.807, 2.05) is 24.3 Å². The summed E-state index contributed by atoms with van der Waals surface area (Å²) in [4.78, 5) is 7.85. The van der Waals surface area contributed by atoms with Crippen LogP contribution in [0.15, 0.2) is 76.0 Å². The second-order valence-corrected chi connectivity index (χ2v) is 7.89. The van der Waals surface area contributed by atoms with E-state index >= 15 is 0 Å². The number of rotatable bonds is 7. The van der Waals surface area contributed by atoms with E-state index in [0.717, 1.165) is 11.1 Å². The lowest BCUT2D eigenvalue weighted by atomic mass is 10.1. The first kappa shape index (κ1) is 21.4. The van der Waals surface area contributed by atoms with Crippen LogP contribution in [0.2, 0.25) is 5.02 Å². The fourth-order valence-electron chi connectivity index (χ4n) is 2.85. The molecule has 0 unspecified atom stereocenters. The molecule has 0 aliphatic heterocycles. The Balaban J connectivity index is 1.43. The molecule has 9 heteroatoms. The van der Waals surface area contributed by atoms with Crippen molar-refractivity contribution in [2.24, 2.45) is 0 Å². The van der Waals surface area contributed by atoms with Crippen LogP contribution in [0.5, 0.6) is 5.75 Å². The number of ether oxygens (including phenoxy) is 1. The molecule has 4 aromatic rings. The van der Waals surface area contributed by atoms with E-state index < -0.39 is 17.4 Å². The van der Waals surface area contributed by atoms with Gasteiger partial charge in [-0.25, -0.2) is 0 Å². The van der Waals surface area contributed by atoms with E-state index in [9.17, 15) is 8.78 Å². The van der Waals surface area contributed by atoms with Crippen LogP contribution < -0.4 is 4.74 Å². The molecule has 0 fully saturated rings. The van der Waals surface area contributed by atoms with Gasteiger partial charge in [0.2, 0.25) is 0 Å². The van der Waals surface area contributed by atoms with Gasteiger partial charge in [0.05, 0.1) is 10.6 Å². The summed E-state index contributed by atoms with van der Waals surface area (Å²) >= 11 is 9.16. The predicted octanol–water partition coefficient (Wildman–Crippen LogP) is 6.19. The molecule has 0 spiro atoms. The highest BCUT2D eigenvalue weighted by atomic mass is 79.9. The number of alkyl halides is 2. The molecule has 0 bridgehead atoms. The summed E-state index contributed by atoms with van der Waals surface area (Å²) in [7, 11) is 0. The molecule has 158 valence electrons. The topological polar surface area (TPSA) is 61.0 Å². The maximum Gasteiger partial charge on any atom is 0.351 e. The first-order valence-electron chi connectivity index (χ1n) is 9.19. The highest BCUT2D eigenvalue weighted by Crippen LogP contribution is 2.41. The van der Waals surface area contributed by atoms with Crippen molar-refractivity contribution < 1.29 is 18.0 Å². The molecular weight excluding hydrogens is 492 g/mol. The van der Waals surface area contributed by atoms with Crippen LogP contribution in [-0.4, -0.2) is 15.1 Å². The largest absolute Gasteiger partial charge is 0.489 e. The minimum Gasteiger partial charge on any atom is -0.489 e. The maximum absolute atomic E-state index is 14.8. The summed E-state index contributed by atoms with van der Waals surface area (Å²) in [5, 5.41) is 3.59. The molecule has 0 atom stereocenters. The van der Waals surface area contributed by atoms with Crippen molar-refractivity contribution in [2.75, 3.05) is 0 Å². The van der Waals surface area contributed by atoms with Crippen molar-refractivity contribution in [3.63, 3.8) is 0 Å². The summed E-state index contributed by atoms with van der Waals surface area (Å²) in [6.07, 6.45) is 3.64. The van der Waals surface area contributed by atoms with Crippen LogP contribution >= 0.6 is 27.5 Å². The van der Waals surface area contributed by atoms with Crippen molar-refractivity contribution in [1.29, 1.82) is 0 Å². The van der Waals surface area contributed by atoms with E-state index in [4.69, 9.17) is 20.9 Å². The van der Waals surface area contributed by atoms with Crippen LogP contribution in [0.3, 0.4) is 0 Å². The number of nitrogens with zero attached hydrogens (tertiary/aromatic N) is 3. The molecule has 2 aromatic heterocycles. The molecule has 2 heterocycles. The average Bonchev–Trinajstić information content (AvgIpc) is 3.25. The maximum atomic E-state index is 14.8. The molecule has 0 aliphatic rings. The van der Waals surface area contributed by atoms with Gasteiger partial charge in [-0.1, -0.05) is 41.0 Å². The number of benzene rings is 2. The van der Waals surface area contributed by atoms with E-state index in [1.54, 1.807) is 30.6 Å². The third-order valence-electron chi connectivity index (χ3n) is 4.47. The van der Waals surface area contributed by atoms with Gasteiger partial charge in [-0.15, -0.1) is 0 Å². The quantitative estimate of drug-likeness (QED) is 0.299. The highest BCUT2D eigenvalue weighted by molar-refractivity contribution is 9.10. The summed E-state index contributed by atoms with van der Waals surface area (Å²) < 4.78 is 40.6.